The average molecular weight is 276 g/mol. The zero-order chi connectivity index (χ0) is 14.5. The molecular formula is C17H28N2O. The van der Waals surface area contributed by atoms with Gasteiger partial charge in [-0.25, -0.2) is 0 Å². The molecule has 1 aliphatic carbocycles. The van der Waals surface area contributed by atoms with Gasteiger partial charge in [-0.15, -0.1) is 0 Å². The summed E-state index contributed by atoms with van der Waals surface area (Å²) in [5, 5.41) is 0. The van der Waals surface area contributed by atoms with E-state index < -0.39 is 0 Å². The third-order valence-electron chi connectivity index (χ3n) is 4.63. The summed E-state index contributed by atoms with van der Waals surface area (Å²) in [5.74, 6) is 1.79. The summed E-state index contributed by atoms with van der Waals surface area (Å²) in [6.07, 6.45) is 5.30. The van der Waals surface area contributed by atoms with Crippen LogP contribution < -0.4 is 10.5 Å². The Morgan fingerprint density at radius 2 is 1.90 bits per heavy atom. The Kier molecular flexibility index (Phi) is 5.44. The molecule has 1 unspecified atom stereocenters. The Morgan fingerprint density at radius 1 is 1.25 bits per heavy atom. The van der Waals surface area contributed by atoms with Crippen LogP contribution in [0, 0.1) is 5.92 Å². The Morgan fingerprint density at radius 3 is 2.55 bits per heavy atom. The standard InChI is InChI=1S/C17H28N2O/c1-13-8-10-14(11-9-13)19(2)12-16(18)15-6-4-5-7-17(15)20-3/h4-7,13-14,16H,8-12,18H2,1-3H3. The maximum absolute atomic E-state index is 6.38. The van der Waals surface area contributed by atoms with E-state index >= 15 is 0 Å². The number of hydrogen-bond acceptors (Lipinski definition) is 3. The van der Waals surface area contributed by atoms with Gasteiger partial charge in [-0.1, -0.05) is 25.1 Å². The summed E-state index contributed by atoms with van der Waals surface area (Å²) >= 11 is 0. The number of likely N-dealkylation sites (N-methyl/N-ethyl adjacent to an activating group) is 1. The highest BCUT2D eigenvalue weighted by molar-refractivity contribution is 5.35. The van der Waals surface area contributed by atoms with E-state index in [4.69, 9.17) is 10.5 Å². The van der Waals surface area contributed by atoms with Crippen molar-refractivity contribution in [3.63, 3.8) is 0 Å². The van der Waals surface area contributed by atoms with Crippen LogP contribution in [0.15, 0.2) is 24.3 Å². The SMILES string of the molecule is COc1ccccc1C(N)CN(C)C1CCC(C)CC1. The first kappa shape index (κ1) is 15.3. The van der Waals surface area contributed by atoms with E-state index in [9.17, 15) is 0 Å². The van der Waals surface area contributed by atoms with E-state index in [2.05, 4.69) is 24.9 Å². The lowest BCUT2D eigenvalue weighted by molar-refractivity contribution is 0.162. The Labute approximate surface area is 123 Å². The first-order valence-electron chi connectivity index (χ1n) is 7.70. The minimum absolute atomic E-state index is 0.00972. The van der Waals surface area contributed by atoms with Gasteiger partial charge in [0.25, 0.3) is 0 Å². The summed E-state index contributed by atoms with van der Waals surface area (Å²) in [4.78, 5) is 2.43. The van der Waals surface area contributed by atoms with Crippen LogP contribution in [-0.4, -0.2) is 31.6 Å². The first-order valence-corrected chi connectivity index (χ1v) is 7.70. The van der Waals surface area contributed by atoms with Gasteiger partial charge in [-0.05, 0) is 44.7 Å². The van der Waals surface area contributed by atoms with Crippen LogP contribution in [0.4, 0.5) is 0 Å². The maximum Gasteiger partial charge on any atom is 0.123 e. The summed E-state index contributed by atoms with van der Waals surface area (Å²) in [6.45, 7) is 3.25. The highest BCUT2D eigenvalue weighted by Crippen LogP contribution is 2.28. The largest absolute Gasteiger partial charge is 0.496 e. The molecule has 0 saturated heterocycles. The molecule has 1 aromatic carbocycles. The predicted molar refractivity (Wildman–Crippen MR) is 84.0 cm³/mol. The van der Waals surface area contributed by atoms with Crippen molar-refractivity contribution >= 4 is 0 Å². The van der Waals surface area contributed by atoms with Crippen molar-refractivity contribution in [2.75, 3.05) is 20.7 Å². The van der Waals surface area contributed by atoms with Gasteiger partial charge in [0.05, 0.1) is 7.11 Å². The second kappa shape index (κ2) is 7.09. The molecule has 0 heterocycles. The molecule has 0 aromatic heterocycles. The molecule has 0 radical (unpaired) electrons. The van der Waals surface area contributed by atoms with E-state index in [1.807, 2.05) is 18.2 Å². The topological polar surface area (TPSA) is 38.5 Å². The monoisotopic (exact) mass is 276 g/mol. The van der Waals surface area contributed by atoms with Crippen molar-refractivity contribution in [2.45, 2.75) is 44.7 Å². The average Bonchev–Trinajstić information content (AvgIpc) is 2.47. The number of nitrogens with two attached hydrogens (primary N) is 1. The minimum atomic E-state index is 0.00972. The molecular weight excluding hydrogens is 248 g/mol. The highest BCUT2D eigenvalue weighted by atomic mass is 16.5. The fourth-order valence-corrected chi connectivity index (χ4v) is 3.21. The normalized spacial score (nSPS) is 24.6. The number of nitrogens with zero attached hydrogens (tertiary/aromatic N) is 1. The molecule has 1 atom stereocenters. The number of rotatable bonds is 5. The maximum atomic E-state index is 6.38. The molecule has 112 valence electrons. The predicted octanol–water partition coefficient (Wildman–Crippen LogP) is 3.21. The summed E-state index contributed by atoms with van der Waals surface area (Å²) in [6, 6.07) is 8.77. The molecule has 0 amide bonds. The summed E-state index contributed by atoms with van der Waals surface area (Å²) in [7, 11) is 3.91. The smallest absolute Gasteiger partial charge is 0.123 e. The van der Waals surface area contributed by atoms with Crippen molar-refractivity contribution in [3.8, 4) is 5.75 Å². The molecule has 0 aliphatic heterocycles. The van der Waals surface area contributed by atoms with Crippen molar-refractivity contribution in [1.82, 2.24) is 4.90 Å². The second-order valence-corrected chi connectivity index (χ2v) is 6.20. The van der Waals surface area contributed by atoms with E-state index in [1.165, 1.54) is 25.7 Å². The van der Waals surface area contributed by atoms with E-state index in [1.54, 1.807) is 7.11 Å². The molecule has 1 aliphatic rings. The molecule has 3 heteroatoms. The van der Waals surface area contributed by atoms with Crippen molar-refractivity contribution < 1.29 is 4.74 Å². The number of methoxy groups -OCH3 is 1. The van der Waals surface area contributed by atoms with Gasteiger partial charge in [0, 0.05) is 24.2 Å². The number of ether oxygens (including phenoxy) is 1. The van der Waals surface area contributed by atoms with E-state index in [0.717, 1.165) is 23.8 Å². The van der Waals surface area contributed by atoms with E-state index in [0.29, 0.717) is 6.04 Å². The quantitative estimate of drug-likeness (QED) is 0.897. The lowest BCUT2D eigenvalue weighted by Gasteiger charge is -2.35. The van der Waals surface area contributed by atoms with Gasteiger partial charge in [0.1, 0.15) is 5.75 Å². The van der Waals surface area contributed by atoms with Gasteiger partial charge < -0.3 is 15.4 Å². The van der Waals surface area contributed by atoms with Gasteiger partial charge in [0.15, 0.2) is 0 Å². The zero-order valence-electron chi connectivity index (χ0n) is 13.0. The Hall–Kier alpha value is -1.06. The minimum Gasteiger partial charge on any atom is -0.496 e. The Bertz CT molecular complexity index is 413. The van der Waals surface area contributed by atoms with Crippen LogP contribution in [-0.2, 0) is 0 Å². The molecule has 20 heavy (non-hydrogen) atoms. The summed E-state index contributed by atoms with van der Waals surface area (Å²) < 4.78 is 5.41. The van der Waals surface area contributed by atoms with Gasteiger partial charge in [-0.3, -0.25) is 0 Å². The second-order valence-electron chi connectivity index (χ2n) is 6.20. The van der Waals surface area contributed by atoms with Gasteiger partial charge in [-0.2, -0.15) is 0 Å². The lowest BCUT2D eigenvalue weighted by Crippen LogP contribution is -2.39. The van der Waals surface area contributed by atoms with Crippen molar-refractivity contribution in [3.05, 3.63) is 29.8 Å². The Balaban J connectivity index is 1.95. The third-order valence-corrected chi connectivity index (χ3v) is 4.63. The molecule has 1 saturated carbocycles. The van der Waals surface area contributed by atoms with Crippen LogP contribution >= 0.6 is 0 Å². The highest BCUT2D eigenvalue weighted by Gasteiger charge is 2.23. The number of benzene rings is 1. The molecule has 3 nitrogen and oxygen atoms in total. The van der Waals surface area contributed by atoms with Crippen LogP contribution in [0.5, 0.6) is 5.75 Å². The van der Waals surface area contributed by atoms with E-state index in [-0.39, 0.29) is 6.04 Å². The van der Waals surface area contributed by atoms with Crippen LogP contribution in [0.25, 0.3) is 0 Å². The number of para-hydroxylation sites is 1. The van der Waals surface area contributed by atoms with Crippen LogP contribution in [0.2, 0.25) is 0 Å². The van der Waals surface area contributed by atoms with Crippen LogP contribution in [0.1, 0.15) is 44.2 Å². The molecule has 1 fully saturated rings. The van der Waals surface area contributed by atoms with Gasteiger partial charge >= 0.3 is 0 Å². The van der Waals surface area contributed by atoms with Crippen molar-refractivity contribution in [1.29, 1.82) is 0 Å². The third kappa shape index (κ3) is 3.74. The number of hydrogen-bond donors (Lipinski definition) is 1. The van der Waals surface area contributed by atoms with Crippen molar-refractivity contribution in [2.24, 2.45) is 11.7 Å². The zero-order valence-corrected chi connectivity index (χ0v) is 13.0. The summed E-state index contributed by atoms with van der Waals surface area (Å²) in [5.41, 5.74) is 7.49. The fraction of sp³-hybridized carbons (Fsp3) is 0.647. The molecule has 2 N–H and O–H groups in total. The molecule has 2 rings (SSSR count). The molecule has 1 aromatic rings. The molecule has 0 spiro atoms. The molecule has 0 bridgehead atoms. The lowest BCUT2D eigenvalue weighted by atomic mass is 9.86. The first-order chi connectivity index (χ1) is 9.61. The van der Waals surface area contributed by atoms with Gasteiger partial charge in [0.2, 0.25) is 0 Å². The van der Waals surface area contributed by atoms with Crippen LogP contribution in [0.3, 0.4) is 0 Å². The fourth-order valence-electron chi connectivity index (χ4n) is 3.21.